The molecule has 1 N–H and O–H groups in total. The minimum atomic E-state index is -4.56. The minimum absolute atomic E-state index is 0.00488. The zero-order valence-electron chi connectivity index (χ0n) is 19.0. The maximum Gasteiger partial charge on any atom is 0.417 e. The Bertz CT molecular complexity index is 1140. The fourth-order valence-corrected chi connectivity index (χ4v) is 3.74. The SMILES string of the molecule is C=CC(=O)OCC(O)COc1ccc(C(F)(F)F)c(-c2cc3ccccc3n2CCCCC)c1. The molecule has 0 radical (unpaired) electrons. The molecule has 0 amide bonds. The first kappa shape index (κ1) is 25.4. The number of aryl methyl sites for hydroxylation is 1. The number of unbranched alkanes of at least 4 members (excludes halogenated alkanes) is 2. The maximum absolute atomic E-state index is 13.9. The number of fused-ring (bicyclic) bond motifs is 1. The normalized spacial score (nSPS) is 12.5. The molecule has 3 rings (SSSR count). The molecule has 1 atom stereocenters. The number of hydrogen-bond acceptors (Lipinski definition) is 4. The van der Waals surface area contributed by atoms with Crippen LogP contribution >= 0.6 is 0 Å². The first-order valence-electron chi connectivity index (χ1n) is 11.1. The van der Waals surface area contributed by atoms with E-state index in [0.29, 0.717) is 12.2 Å². The number of benzene rings is 2. The third-order valence-electron chi connectivity index (χ3n) is 5.40. The van der Waals surface area contributed by atoms with E-state index in [2.05, 4.69) is 13.5 Å². The Morgan fingerprint density at radius 1 is 1.15 bits per heavy atom. The molecule has 1 heterocycles. The van der Waals surface area contributed by atoms with Gasteiger partial charge in [-0.05, 0) is 36.8 Å². The third kappa shape index (κ3) is 6.20. The van der Waals surface area contributed by atoms with Gasteiger partial charge in [0.2, 0.25) is 0 Å². The van der Waals surface area contributed by atoms with Gasteiger partial charge >= 0.3 is 12.1 Å². The fourth-order valence-electron chi connectivity index (χ4n) is 3.74. The summed E-state index contributed by atoms with van der Waals surface area (Å²) in [5.41, 5.74) is 0.563. The number of ether oxygens (including phenoxy) is 2. The molecular formula is C26H28F3NO4. The van der Waals surface area contributed by atoms with Crippen molar-refractivity contribution >= 4 is 16.9 Å². The molecule has 0 aliphatic rings. The van der Waals surface area contributed by atoms with Crippen LogP contribution in [0.3, 0.4) is 0 Å². The molecule has 1 aromatic heterocycles. The van der Waals surface area contributed by atoms with Gasteiger partial charge in [0.25, 0.3) is 0 Å². The number of carbonyl (C=O) groups excluding carboxylic acids is 1. The molecule has 0 saturated heterocycles. The summed E-state index contributed by atoms with van der Waals surface area (Å²) in [6.07, 6.45) is -1.93. The van der Waals surface area contributed by atoms with Crippen LogP contribution in [0.1, 0.15) is 31.7 Å². The number of aliphatic hydroxyl groups excluding tert-OH is 1. The van der Waals surface area contributed by atoms with E-state index in [1.165, 1.54) is 12.1 Å². The first-order chi connectivity index (χ1) is 16.2. The number of rotatable bonds is 11. The van der Waals surface area contributed by atoms with Gasteiger partial charge in [0.15, 0.2) is 0 Å². The summed E-state index contributed by atoms with van der Waals surface area (Å²) < 4.78 is 54.0. The Morgan fingerprint density at radius 2 is 1.91 bits per heavy atom. The Balaban J connectivity index is 1.96. The van der Waals surface area contributed by atoms with Gasteiger partial charge in [0, 0.05) is 34.8 Å². The molecule has 182 valence electrons. The van der Waals surface area contributed by atoms with Crippen molar-refractivity contribution in [3.63, 3.8) is 0 Å². The van der Waals surface area contributed by atoms with Crippen LogP contribution < -0.4 is 4.74 Å². The Hall–Kier alpha value is -3.26. The lowest BCUT2D eigenvalue weighted by Crippen LogP contribution is -2.24. The molecule has 0 aliphatic carbocycles. The van der Waals surface area contributed by atoms with Crippen LogP contribution in [0, 0.1) is 0 Å². The van der Waals surface area contributed by atoms with E-state index in [-0.39, 0.29) is 24.5 Å². The smallest absolute Gasteiger partial charge is 0.417 e. The number of alkyl halides is 3. The molecule has 34 heavy (non-hydrogen) atoms. The van der Waals surface area contributed by atoms with Gasteiger partial charge in [0.1, 0.15) is 25.1 Å². The average Bonchev–Trinajstić information content (AvgIpc) is 3.19. The monoisotopic (exact) mass is 475 g/mol. The quantitative estimate of drug-likeness (QED) is 0.210. The largest absolute Gasteiger partial charge is 0.491 e. The summed E-state index contributed by atoms with van der Waals surface area (Å²) in [5, 5.41) is 10.8. The number of aliphatic hydroxyl groups is 1. The number of esters is 1. The number of para-hydroxylation sites is 1. The molecule has 0 fully saturated rings. The third-order valence-corrected chi connectivity index (χ3v) is 5.40. The second-order valence-corrected chi connectivity index (χ2v) is 7.95. The van der Waals surface area contributed by atoms with E-state index in [1.807, 2.05) is 28.8 Å². The molecule has 0 bridgehead atoms. The predicted molar refractivity (Wildman–Crippen MR) is 125 cm³/mol. The van der Waals surface area contributed by atoms with E-state index in [0.717, 1.165) is 42.3 Å². The standard InChI is InChI=1S/C26H28F3NO4/c1-3-5-8-13-30-23-10-7-6-9-18(23)14-24(30)21-15-20(11-12-22(21)26(27,28)29)33-16-19(31)17-34-25(32)4-2/h4,6-7,9-12,14-15,19,31H,2-3,5,8,13,16-17H2,1H3. The number of halogens is 3. The molecule has 3 aromatic rings. The molecule has 0 aliphatic heterocycles. The molecule has 0 spiro atoms. The Labute approximate surface area is 196 Å². The van der Waals surface area contributed by atoms with Crippen LogP contribution in [0.5, 0.6) is 5.75 Å². The highest BCUT2D eigenvalue weighted by atomic mass is 19.4. The topological polar surface area (TPSA) is 60.7 Å². The van der Waals surface area contributed by atoms with Crippen LogP contribution in [0.2, 0.25) is 0 Å². The predicted octanol–water partition coefficient (Wildman–Crippen LogP) is 5.99. The molecule has 5 nitrogen and oxygen atoms in total. The van der Waals surface area contributed by atoms with E-state index in [4.69, 9.17) is 9.47 Å². The zero-order chi connectivity index (χ0) is 24.7. The zero-order valence-corrected chi connectivity index (χ0v) is 19.0. The van der Waals surface area contributed by atoms with Crippen molar-refractivity contribution in [2.45, 2.75) is 45.0 Å². The highest BCUT2D eigenvalue weighted by Gasteiger charge is 2.35. The van der Waals surface area contributed by atoms with E-state index in [1.54, 1.807) is 6.07 Å². The van der Waals surface area contributed by atoms with Crippen molar-refractivity contribution in [1.29, 1.82) is 0 Å². The van der Waals surface area contributed by atoms with Gasteiger partial charge in [-0.15, -0.1) is 0 Å². The first-order valence-corrected chi connectivity index (χ1v) is 11.1. The Kier molecular flexibility index (Phi) is 8.39. The van der Waals surface area contributed by atoms with Gasteiger partial charge in [0.05, 0.1) is 5.56 Å². The van der Waals surface area contributed by atoms with Crippen molar-refractivity contribution < 1.29 is 32.5 Å². The summed E-state index contributed by atoms with van der Waals surface area (Å²) >= 11 is 0. The van der Waals surface area contributed by atoms with Crippen LogP contribution in [-0.2, 0) is 22.3 Å². The summed E-state index contributed by atoms with van der Waals surface area (Å²) in [6.45, 7) is 5.36. The van der Waals surface area contributed by atoms with Gasteiger partial charge < -0.3 is 19.1 Å². The second-order valence-electron chi connectivity index (χ2n) is 7.95. The summed E-state index contributed by atoms with van der Waals surface area (Å²) in [5.74, 6) is -0.519. The minimum Gasteiger partial charge on any atom is -0.491 e. The Morgan fingerprint density at radius 3 is 2.62 bits per heavy atom. The van der Waals surface area contributed by atoms with Crippen molar-refractivity contribution in [2.24, 2.45) is 0 Å². The average molecular weight is 476 g/mol. The van der Waals surface area contributed by atoms with Crippen LogP contribution in [0.15, 0.2) is 61.2 Å². The molecule has 8 heteroatoms. The summed E-state index contributed by atoms with van der Waals surface area (Å²) in [4.78, 5) is 11.1. The molecule has 1 unspecified atom stereocenters. The fraction of sp³-hybridized carbons (Fsp3) is 0.346. The number of nitrogens with zero attached hydrogens (tertiary/aromatic N) is 1. The van der Waals surface area contributed by atoms with E-state index >= 15 is 0 Å². The van der Waals surface area contributed by atoms with Crippen molar-refractivity contribution in [3.8, 4) is 17.0 Å². The van der Waals surface area contributed by atoms with Crippen LogP contribution in [0.25, 0.3) is 22.2 Å². The van der Waals surface area contributed by atoms with Crippen molar-refractivity contribution in [2.75, 3.05) is 13.2 Å². The van der Waals surface area contributed by atoms with E-state index in [9.17, 15) is 23.1 Å². The van der Waals surface area contributed by atoms with Gasteiger partial charge in [-0.1, -0.05) is 44.5 Å². The number of hydrogen-bond donors (Lipinski definition) is 1. The van der Waals surface area contributed by atoms with E-state index < -0.39 is 23.8 Å². The lowest BCUT2D eigenvalue weighted by molar-refractivity contribution is -0.141. The van der Waals surface area contributed by atoms with Gasteiger partial charge in [-0.25, -0.2) is 4.79 Å². The molecule has 0 saturated carbocycles. The summed E-state index contributed by atoms with van der Waals surface area (Å²) in [7, 11) is 0. The van der Waals surface area contributed by atoms with Gasteiger partial charge in [-0.2, -0.15) is 13.2 Å². The van der Waals surface area contributed by atoms with Crippen LogP contribution in [-0.4, -0.2) is 35.0 Å². The van der Waals surface area contributed by atoms with Crippen molar-refractivity contribution in [1.82, 2.24) is 4.57 Å². The van der Waals surface area contributed by atoms with Crippen molar-refractivity contribution in [3.05, 3.63) is 66.7 Å². The highest BCUT2D eigenvalue weighted by molar-refractivity contribution is 5.88. The lowest BCUT2D eigenvalue weighted by atomic mass is 10.0. The molecule has 2 aromatic carbocycles. The second kappa shape index (κ2) is 11.2. The van der Waals surface area contributed by atoms with Gasteiger partial charge in [-0.3, -0.25) is 0 Å². The number of aromatic nitrogens is 1. The summed E-state index contributed by atoms with van der Waals surface area (Å²) in [6, 6.07) is 12.8. The lowest BCUT2D eigenvalue weighted by Gasteiger charge is -2.18. The maximum atomic E-state index is 13.9. The molecular weight excluding hydrogens is 447 g/mol. The number of carbonyl (C=O) groups is 1. The highest BCUT2D eigenvalue weighted by Crippen LogP contribution is 2.41. The van der Waals surface area contributed by atoms with Crippen LogP contribution in [0.4, 0.5) is 13.2 Å².